The first kappa shape index (κ1) is 11.7. The van der Waals surface area contributed by atoms with E-state index in [1.54, 1.807) is 0 Å². The molecule has 1 heterocycles. The van der Waals surface area contributed by atoms with Crippen molar-refractivity contribution in [2.75, 3.05) is 6.54 Å². The first-order valence-electron chi connectivity index (χ1n) is 6.30. The molecule has 16 heavy (non-hydrogen) atoms. The predicted molar refractivity (Wildman–Crippen MR) is 66.6 cm³/mol. The molecule has 1 unspecified atom stereocenters. The highest BCUT2D eigenvalue weighted by Crippen LogP contribution is 2.40. The van der Waals surface area contributed by atoms with E-state index < -0.39 is 0 Å². The Kier molecular flexibility index (Phi) is 3.11. The zero-order chi connectivity index (χ0) is 11.8. The second kappa shape index (κ2) is 4.25. The van der Waals surface area contributed by atoms with E-state index >= 15 is 0 Å². The van der Waals surface area contributed by atoms with Crippen molar-refractivity contribution >= 4 is 0 Å². The summed E-state index contributed by atoms with van der Waals surface area (Å²) in [5.74, 6) is 2.06. The lowest BCUT2D eigenvalue weighted by Crippen LogP contribution is -2.38. The number of nitrogens with one attached hydrogen (secondary N) is 1. The summed E-state index contributed by atoms with van der Waals surface area (Å²) in [5, 5.41) is 3.64. The van der Waals surface area contributed by atoms with E-state index in [1.165, 1.54) is 24.8 Å². The Morgan fingerprint density at radius 3 is 2.56 bits per heavy atom. The zero-order valence-electron chi connectivity index (χ0n) is 10.9. The molecule has 2 heteroatoms. The molecule has 1 atom stereocenters. The van der Waals surface area contributed by atoms with E-state index in [9.17, 15) is 0 Å². The van der Waals surface area contributed by atoms with Gasteiger partial charge in [0.15, 0.2) is 0 Å². The van der Waals surface area contributed by atoms with E-state index in [2.05, 4.69) is 25.2 Å². The molecule has 0 spiro atoms. The molecule has 0 saturated heterocycles. The third-order valence-electron chi connectivity index (χ3n) is 3.94. The van der Waals surface area contributed by atoms with Gasteiger partial charge in [0, 0.05) is 18.2 Å². The van der Waals surface area contributed by atoms with Gasteiger partial charge in [-0.1, -0.05) is 13.3 Å². The summed E-state index contributed by atoms with van der Waals surface area (Å²) in [6, 6.07) is 2.55. The summed E-state index contributed by atoms with van der Waals surface area (Å²) in [6.45, 7) is 9.78. The van der Waals surface area contributed by atoms with Gasteiger partial charge in [-0.25, -0.2) is 0 Å². The van der Waals surface area contributed by atoms with Crippen LogP contribution in [0.25, 0.3) is 0 Å². The normalized spacial score (nSPS) is 20.5. The molecule has 90 valence electrons. The smallest absolute Gasteiger partial charge is 0.105 e. The zero-order valence-corrected chi connectivity index (χ0v) is 10.9. The second-order valence-electron chi connectivity index (χ2n) is 5.64. The molecule has 1 fully saturated rings. The summed E-state index contributed by atoms with van der Waals surface area (Å²) in [5.41, 5.74) is 1.85. The lowest BCUT2D eigenvalue weighted by molar-refractivity contribution is 0.152. The Labute approximate surface area is 98.4 Å². The van der Waals surface area contributed by atoms with Gasteiger partial charge in [-0.05, 0) is 45.1 Å². The molecule has 1 aromatic heterocycles. The molecule has 2 nitrogen and oxygen atoms in total. The molecule has 1 aromatic rings. The van der Waals surface area contributed by atoms with Crippen molar-refractivity contribution in [3.63, 3.8) is 0 Å². The van der Waals surface area contributed by atoms with Crippen LogP contribution in [0.1, 0.15) is 56.2 Å². The van der Waals surface area contributed by atoms with Crippen molar-refractivity contribution in [1.82, 2.24) is 5.32 Å². The van der Waals surface area contributed by atoms with Crippen LogP contribution in [0.5, 0.6) is 0 Å². The van der Waals surface area contributed by atoms with Gasteiger partial charge in [-0.3, -0.25) is 0 Å². The van der Waals surface area contributed by atoms with Crippen LogP contribution in [0.2, 0.25) is 0 Å². The van der Waals surface area contributed by atoms with Crippen molar-refractivity contribution in [3.05, 3.63) is 23.2 Å². The SMILES string of the molecule is Cc1cc(C(C)NCC2(C)CCC2)c(C)o1. The molecule has 0 bridgehead atoms. The third-order valence-corrected chi connectivity index (χ3v) is 3.94. The summed E-state index contributed by atoms with van der Waals surface area (Å²) in [4.78, 5) is 0. The minimum Gasteiger partial charge on any atom is -0.466 e. The monoisotopic (exact) mass is 221 g/mol. The minimum absolute atomic E-state index is 0.398. The Bertz CT molecular complexity index is 363. The first-order valence-corrected chi connectivity index (χ1v) is 6.30. The van der Waals surface area contributed by atoms with Crippen LogP contribution in [0, 0.1) is 19.3 Å². The van der Waals surface area contributed by atoms with E-state index in [-0.39, 0.29) is 0 Å². The van der Waals surface area contributed by atoms with Crippen molar-refractivity contribution in [2.45, 2.75) is 53.0 Å². The lowest BCUT2D eigenvalue weighted by Gasteiger charge is -2.39. The Hall–Kier alpha value is -0.760. The van der Waals surface area contributed by atoms with Gasteiger partial charge in [0.2, 0.25) is 0 Å². The fourth-order valence-corrected chi connectivity index (χ4v) is 2.55. The van der Waals surface area contributed by atoms with Crippen LogP contribution < -0.4 is 5.32 Å². The fourth-order valence-electron chi connectivity index (χ4n) is 2.55. The highest BCUT2D eigenvalue weighted by Gasteiger charge is 2.31. The topological polar surface area (TPSA) is 25.2 Å². The molecule has 0 aliphatic heterocycles. The summed E-state index contributed by atoms with van der Waals surface area (Å²) in [6.07, 6.45) is 4.14. The van der Waals surface area contributed by atoms with E-state index in [1.807, 2.05) is 13.8 Å². The summed E-state index contributed by atoms with van der Waals surface area (Å²) < 4.78 is 5.57. The van der Waals surface area contributed by atoms with E-state index in [4.69, 9.17) is 4.42 Å². The maximum absolute atomic E-state index is 5.57. The molecule has 0 amide bonds. The summed E-state index contributed by atoms with van der Waals surface area (Å²) >= 11 is 0. The average Bonchev–Trinajstić information content (AvgIpc) is 2.51. The number of furan rings is 1. The Balaban J connectivity index is 1.92. The minimum atomic E-state index is 0.398. The van der Waals surface area contributed by atoms with Gasteiger partial charge >= 0.3 is 0 Å². The molecule has 2 rings (SSSR count). The van der Waals surface area contributed by atoms with Crippen LogP contribution in [0.15, 0.2) is 10.5 Å². The van der Waals surface area contributed by atoms with Crippen LogP contribution >= 0.6 is 0 Å². The van der Waals surface area contributed by atoms with Crippen molar-refractivity contribution in [1.29, 1.82) is 0 Å². The van der Waals surface area contributed by atoms with E-state index in [0.717, 1.165) is 18.1 Å². The van der Waals surface area contributed by atoms with Crippen LogP contribution in [0.3, 0.4) is 0 Å². The van der Waals surface area contributed by atoms with Crippen LogP contribution in [0.4, 0.5) is 0 Å². The van der Waals surface area contributed by atoms with Gasteiger partial charge < -0.3 is 9.73 Å². The molecule has 1 saturated carbocycles. The molecule has 1 N–H and O–H groups in total. The summed E-state index contributed by atoms with van der Waals surface area (Å²) in [7, 11) is 0. The largest absolute Gasteiger partial charge is 0.466 e. The first-order chi connectivity index (χ1) is 7.50. The third kappa shape index (κ3) is 2.32. The standard InChI is InChI=1S/C14H23NO/c1-10-8-13(12(3)16-10)11(2)15-9-14(4)6-5-7-14/h8,11,15H,5-7,9H2,1-4H3. The highest BCUT2D eigenvalue weighted by molar-refractivity contribution is 5.23. The van der Waals surface area contributed by atoms with Crippen LogP contribution in [-0.2, 0) is 0 Å². The van der Waals surface area contributed by atoms with Gasteiger partial charge in [-0.15, -0.1) is 0 Å². The average molecular weight is 221 g/mol. The van der Waals surface area contributed by atoms with Crippen molar-refractivity contribution in [3.8, 4) is 0 Å². The number of hydrogen-bond acceptors (Lipinski definition) is 2. The quantitative estimate of drug-likeness (QED) is 0.838. The number of rotatable bonds is 4. The Morgan fingerprint density at radius 2 is 2.12 bits per heavy atom. The maximum Gasteiger partial charge on any atom is 0.105 e. The molecule has 0 aromatic carbocycles. The molecule has 1 aliphatic rings. The van der Waals surface area contributed by atoms with E-state index in [0.29, 0.717) is 11.5 Å². The number of hydrogen-bond donors (Lipinski definition) is 1. The molecular weight excluding hydrogens is 198 g/mol. The maximum atomic E-state index is 5.57. The molecule has 0 radical (unpaired) electrons. The Morgan fingerprint density at radius 1 is 1.44 bits per heavy atom. The van der Waals surface area contributed by atoms with Gasteiger partial charge in [0.05, 0.1) is 0 Å². The van der Waals surface area contributed by atoms with Gasteiger partial charge in [0.25, 0.3) is 0 Å². The van der Waals surface area contributed by atoms with Crippen molar-refractivity contribution < 1.29 is 4.42 Å². The van der Waals surface area contributed by atoms with Crippen LogP contribution in [-0.4, -0.2) is 6.54 Å². The lowest BCUT2D eigenvalue weighted by atomic mass is 9.70. The highest BCUT2D eigenvalue weighted by atomic mass is 16.3. The number of aryl methyl sites for hydroxylation is 2. The molecular formula is C14H23NO. The predicted octanol–water partition coefficient (Wildman–Crippen LogP) is 3.74. The van der Waals surface area contributed by atoms with Crippen molar-refractivity contribution in [2.24, 2.45) is 5.41 Å². The fraction of sp³-hybridized carbons (Fsp3) is 0.714. The second-order valence-corrected chi connectivity index (χ2v) is 5.64. The van der Waals surface area contributed by atoms with Gasteiger partial charge in [0.1, 0.15) is 11.5 Å². The van der Waals surface area contributed by atoms with Gasteiger partial charge in [-0.2, -0.15) is 0 Å². The molecule has 1 aliphatic carbocycles.